The normalized spacial score (nSPS) is 13.3. The van der Waals surface area contributed by atoms with E-state index in [4.69, 9.17) is 9.52 Å². The summed E-state index contributed by atoms with van der Waals surface area (Å²) in [6.07, 6.45) is -3.08. The van der Waals surface area contributed by atoms with E-state index in [2.05, 4.69) is 15.3 Å². The van der Waals surface area contributed by atoms with E-state index >= 15 is 0 Å². The van der Waals surface area contributed by atoms with Gasteiger partial charge in [0.1, 0.15) is 5.56 Å². The van der Waals surface area contributed by atoms with Crippen LogP contribution in [0.25, 0.3) is 0 Å². The van der Waals surface area contributed by atoms with Gasteiger partial charge in [-0.15, -0.1) is 0 Å². The Morgan fingerprint density at radius 1 is 1.19 bits per heavy atom. The van der Waals surface area contributed by atoms with Crippen LogP contribution in [-0.2, 0) is 15.9 Å². The van der Waals surface area contributed by atoms with Gasteiger partial charge in [0.15, 0.2) is 5.75 Å². The number of nitrogens with one attached hydrogen (secondary N) is 2. The molecule has 32 heavy (non-hydrogen) atoms. The van der Waals surface area contributed by atoms with Gasteiger partial charge in [0.2, 0.25) is 11.8 Å². The molecule has 0 aliphatic rings. The smallest absolute Gasteiger partial charge is 0.417 e. The average molecular weight is 468 g/mol. The summed E-state index contributed by atoms with van der Waals surface area (Å²) in [5.41, 5.74) is -1.52. The van der Waals surface area contributed by atoms with E-state index in [0.29, 0.717) is 12.3 Å². The molecule has 0 unspecified atom stereocenters. The Labute approximate surface area is 180 Å². The molecule has 1 aromatic carbocycles. The minimum atomic E-state index is -4.77. The van der Waals surface area contributed by atoms with Crippen LogP contribution in [0.5, 0.6) is 11.6 Å². The summed E-state index contributed by atoms with van der Waals surface area (Å²) in [5, 5.41) is 2.39. The molecule has 0 aliphatic heterocycles. The summed E-state index contributed by atoms with van der Waals surface area (Å²) in [5.74, 6) is -2.23. The highest BCUT2D eigenvalue weighted by Crippen LogP contribution is 2.33. The van der Waals surface area contributed by atoms with Gasteiger partial charge in [0.05, 0.1) is 21.0 Å². The van der Waals surface area contributed by atoms with Gasteiger partial charge in [-0.25, -0.2) is 19.0 Å². The molecule has 1 amide bonds. The van der Waals surface area contributed by atoms with Crippen molar-refractivity contribution in [1.82, 2.24) is 9.97 Å². The van der Waals surface area contributed by atoms with Crippen molar-refractivity contribution in [1.29, 1.82) is 4.78 Å². The summed E-state index contributed by atoms with van der Waals surface area (Å²) in [7, 11) is -3.08. The molecule has 3 aromatic rings. The number of nitrogens with zero attached hydrogens (tertiary/aromatic N) is 2. The van der Waals surface area contributed by atoms with Crippen molar-refractivity contribution in [3.8, 4) is 11.6 Å². The van der Waals surface area contributed by atoms with E-state index in [0.717, 1.165) is 6.07 Å². The molecule has 1 atom stereocenters. The molecule has 2 heterocycles. The van der Waals surface area contributed by atoms with Gasteiger partial charge >= 0.3 is 6.18 Å². The van der Waals surface area contributed by atoms with Crippen LogP contribution in [0.2, 0.25) is 0 Å². The van der Waals surface area contributed by atoms with Crippen molar-refractivity contribution < 1.29 is 31.3 Å². The number of halogens is 4. The second kappa shape index (κ2) is 8.54. The van der Waals surface area contributed by atoms with Gasteiger partial charge in [-0.3, -0.25) is 4.79 Å². The molecular weight excluding hydrogens is 452 g/mol. The molecule has 0 saturated carbocycles. The van der Waals surface area contributed by atoms with Gasteiger partial charge < -0.3 is 10.1 Å². The number of ether oxygens (including phenoxy) is 1. The second-order valence-corrected chi connectivity index (χ2v) is 8.88. The molecule has 0 radical (unpaired) electrons. The molecule has 0 fully saturated rings. The minimum absolute atomic E-state index is 0.00497. The van der Waals surface area contributed by atoms with E-state index in [-0.39, 0.29) is 22.0 Å². The van der Waals surface area contributed by atoms with Gasteiger partial charge in [-0.2, -0.15) is 17.6 Å². The number of rotatable bonds is 5. The van der Waals surface area contributed by atoms with Gasteiger partial charge in [-0.05, 0) is 43.3 Å². The highest BCUT2D eigenvalue weighted by atomic mass is 32.2. The molecular formula is C20H16F4N4O3S. The van der Waals surface area contributed by atoms with Crippen molar-refractivity contribution in [2.24, 2.45) is 0 Å². The summed E-state index contributed by atoms with van der Waals surface area (Å²) < 4.78 is 77.8. The van der Waals surface area contributed by atoms with Crippen LogP contribution >= 0.6 is 0 Å². The van der Waals surface area contributed by atoms with Crippen LogP contribution in [0.1, 0.15) is 21.6 Å². The number of hydrogen-bond donors (Lipinski definition) is 2. The molecule has 12 heteroatoms. The third kappa shape index (κ3) is 5.38. The molecule has 0 bridgehead atoms. The fraction of sp³-hybridized carbons (Fsp3) is 0.150. The lowest BCUT2D eigenvalue weighted by molar-refractivity contribution is -0.137. The third-order valence-electron chi connectivity index (χ3n) is 4.17. The Morgan fingerprint density at radius 3 is 2.53 bits per heavy atom. The lowest BCUT2D eigenvalue weighted by atomic mass is 10.1. The maximum atomic E-state index is 13.2. The van der Waals surface area contributed by atoms with Gasteiger partial charge in [-0.1, -0.05) is 6.07 Å². The highest BCUT2D eigenvalue weighted by Gasteiger charge is 2.33. The zero-order chi connectivity index (χ0) is 23.7. The Morgan fingerprint density at radius 2 is 1.91 bits per heavy atom. The number of pyridine rings is 2. The summed E-state index contributed by atoms with van der Waals surface area (Å²) in [6, 6.07) is 8.33. The standard InChI is InChI=1S/C20H16F4N4O3S/c1-11-16(6-7-17(21)27-11)31-19-15(8-12(10-26-19)20(22,23)24)18(29)28-13-4-3-5-14(9-13)32(2,25)30/h3-10,25H,1-2H3,(H,28,29)/t32-/m1/s1. The van der Waals surface area contributed by atoms with E-state index < -0.39 is 44.8 Å². The van der Waals surface area contributed by atoms with Crippen LogP contribution < -0.4 is 10.1 Å². The number of alkyl halides is 3. The van der Waals surface area contributed by atoms with Crippen LogP contribution in [-0.4, -0.2) is 26.3 Å². The Hall–Kier alpha value is -3.54. The Balaban J connectivity index is 2.01. The first-order valence-corrected chi connectivity index (χ1v) is 10.8. The number of aromatic nitrogens is 2. The first kappa shape index (κ1) is 23.1. The molecule has 0 aliphatic carbocycles. The molecule has 2 aromatic heterocycles. The highest BCUT2D eigenvalue weighted by molar-refractivity contribution is 7.91. The zero-order valence-electron chi connectivity index (χ0n) is 16.7. The monoisotopic (exact) mass is 468 g/mol. The lowest BCUT2D eigenvalue weighted by Gasteiger charge is -2.14. The van der Waals surface area contributed by atoms with Crippen molar-refractivity contribution in [2.45, 2.75) is 18.0 Å². The van der Waals surface area contributed by atoms with Crippen LogP contribution in [0.4, 0.5) is 23.2 Å². The average Bonchev–Trinajstić information content (AvgIpc) is 2.69. The van der Waals surface area contributed by atoms with Crippen molar-refractivity contribution in [3.63, 3.8) is 0 Å². The summed E-state index contributed by atoms with van der Waals surface area (Å²) in [6.45, 7) is 1.41. The number of aryl methyl sites for hydroxylation is 1. The zero-order valence-corrected chi connectivity index (χ0v) is 17.5. The molecule has 0 saturated heterocycles. The molecule has 168 valence electrons. The van der Waals surface area contributed by atoms with E-state index in [1.165, 1.54) is 43.5 Å². The number of amides is 1. The fourth-order valence-electron chi connectivity index (χ4n) is 2.60. The molecule has 7 nitrogen and oxygen atoms in total. The number of benzene rings is 1. The Kier molecular flexibility index (Phi) is 6.17. The van der Waals surface area contributed by atoms with Gasteiger partial charge in [0, 0.05) is 23.0 Å². The fourth-order valence-corrected chi connectivity index (χ4v) is 3.29. The first-order chi connectivity index (χ1) is 14.8. The van der Waals surface area contributed by atoms with E-state index in [1.54, 1.807) is 0 Å². The first-order valence-electron chi connectivity index (χ1n) is 8.88. The third-order valence-corrected chi connectivity index (χ3v) is 5.33. The number of anilines is 1. The van der Waals surface area contributed by atoms with E-state index in [9.17, 15) is 26.6 Å². The minimum Gasteiger partial charge on any atom is -0.436 e. The maximum Gasteiger partial charge on any atom is 0.417 e. The molecule has 3 rings (SSSR count). The largest absolute Gasteiger partial charge is 0.436 e. The number of carbonyl (C=O) groups is 1. The SMILES string of the molecule is Cc1nc(F)ccc1Oc1ncc(C(F)(F)F)cc1C(=O)Nc1cccc([S@](C)(=N)=O)c1. The van der Waals surface area contributed by atoms with Crippen molar-refractivity contribution >= 4 is 21.3 Å². The van der Waals surface area contributed by atoms with Gasteiger partial charge in [0.25, 0.3) is 5.91 Å². The molecule has 0 spiro atoms. The topological polar surface area (TPSA) is 105 Å². The van der Waals surface area contributed by atoms with Crippen molar-refractivity contribution in [3.05, 3.63) is 71.4 Å². The predicted octanol–water partition coefficient (Wildman–Crippen LogP) is 5.02. The number of carbonyl (C=O) groups excluding carboxylic acids is 1. The van der Waals surface area contributed by atoms with Crippen LogP contribution in [0.3, 0.4) is 0 Å². The van der Waals surface area contributed by atoms with Crippen LogP contribution in [0.15, 0.2) is 53.6 Å². The quantitative estimate of drug-likeness (QED) is 0.404. The lowest BCUT2D eigenvalue weighted by Crippen LogP contribution is -2.16. The summed E-state index contributed by atoms with van der Waals surface area (Å²) >= 11 is 0. The Bertz CT molecular complexity index is 1290. The second-order valence-electron chi connectivity index (χ2n) is 6.72. The van der Waals surface area contributed by atoms with Crippen LogP contribution in [0, 0.1) is 17.7 Å². The van der Waals surface area contributed by atoms with Crippen molar-refractivity contribution in [2.75, 3.05) is 11.6 Å². The maximum absolute atomic E-state index is 13.2. The number of hydrogen-bond acceptors (Lipinski definition) is 6. The summed E-state index contributed by atoms with van der Waals surface area (Å²) in [4.78, 5) is 20.1. The molecule has 2 N–H and O–H groups in total. The van der Waals surface area contributed by atoms with E-state index in [1.807, 2.05) is 0 Å². The predicted molar refractivity (Wildman–Crippen MR) is 108 cm³/mol.